The van der Waals surface area contributed by atoms with Crippen LogP contribution in [-0.4, -0.2) is 33.6 Å². The van der Waals surface area contributed by atoms with E-state index in [2.05, 4.69) is 10.3 Å². The van der Waals surface area contributed by atoms with Gasteiger partial charge in [-0.05, 0) is 50.5 Å². The Kier molecular flexibility index (Phi) is 6.10. The molecule has 2 aromatic heterocycles. The fourth-order valence-electron chi connectivity index (χ4n) is 6.14. The van der Waals surface area contributed by atoms with Crippen LogP contribution in [0.4, 0.5) is 14.6 Å². The third-order valence-corrected chi connectivity index (χ3v) is 7.84. The van der Waals surface area contributed by atoms with E-state index in [1.807, 2.05) is 43.3 Å². The number of carbonyl (C=O) groups excluding carboxylic acids is 1. The van der Waals surface area contributed by atoms with Gasteiger partial charge in [-0.3, -0.25) is 4.79 Å². The lowest BCUT2D eigenvalue weighted by Gasteiger charge is -2.47. The topological polar surface area (TPSA) is 79.9 Å². The van der Waals surface area contributed by atoms with E-state index in [9.17, 15) is 13.6 Å². The number of hydrogen-bond donors (Lipinski definition) is 2. The summed E-state index contributed by atoms with van der Waals surface area (Å²) in [7, 11) is 0. The molecule has 7 rings (SSSR count). The molecule has 3 saturated carbocycles. The molecule has 2 bridgehead atoms. The second-order valence-corrected chi connectivity index (χ2v) is 9.96. The van der Waals surface area contributed by atoms with Crippen LogP contribution in [0.5, 0.6) is 0 Å². The van der Waals surface area contributed by atoms with Crippen molar-refractivity contribution in [1.82, 2.24) is 15.0 Å². The maximum Gasteiger partial charge on any atom is 0.311 e. The van der Waals surface area contributed by atoms with Gasteiger partial charge in [0.1, 0.15) is 17.5 Å². The van der Waals surface area contributed by atoms with Gasteiger partial charge in [-0.1, -0.05) is 30.3 Å². The number of carbonyl (C=O) groups is 1. The highest BCUT2D eigenvalue weighted by atomic mass is 19.1. The van der Waals surface area contributed by atoms with Crippen molar-refractivity contribution in [2.75, 3.05) is 11.9 Å². The van der Waals surface area contributed by atoms with Crippen molar-refractivity contribution >= 4 is 22.7 Å². The Morgan fingerprint density at radius 2 is 1.81 bits per heavy atom. The Labute approximate surface area is 213 Å². The fraction of sp³-hybridized carbons (Fsp3) is 0.345. The highest BCUT2D eigenvalue weighted by Gasteiger charge is 2.48. The van der Waals surface area contributed by atoms with Crippen molar-refractivity contribution < 1.29 is 18.3 Å². The zero-order valence-corrected chi connectivity index (χ0v) is 20.5. The summed E-state index contributed by atoms with van der Waals surface area (Å²) >= 11 is 0. The Balaban J connectivity index is 1.45. The Hall–Kier alpha value is -3.81. The number of hydrogen-bond acceptors (Lipinski definition) is 5. The van der Waals surface area contributed by atoms with Crippen LogP contribution >= 0.6 is 0 Å². The molecule has 3 fully saturated rings. The Morgan fingerprint density at radius 1 is 1.05 bits per heavy atom. The standard InChI is InChI=1S/C29H28F2N4O2/c1-2-37-29(36)25-17-8-10-18(11-9-17)26(25)34-24-14-23(16-6-4-3-5-7-16)33-28(35-24)21-15-32-27-20(21)12-19(30)13-22(27)31/h3-7,12-15,17-18,25-26,32H,2,8-11H2,1H3,(H,33,34,35)/t17?,18?,25-,26-/m0/s1. The van der Waals surface area contributed by atoms with Crippen LogP contribution < -0.4 is 5.32 Å². The quantitative estimate of drug-likeness (QED) is 0.300. The van der Waals surface area contributed by atoms with Crippen molar-refractivity contribution in [2.45, 2.75) is 38.6 Å². The number of esters is 1. The van der Waals surface area contributed by atoms with Crippen molar-refractivity contribution in [3.05, 3.63) is 66.4 Å². The van der Waals surface area contributed by atoms with E-state index in [-0.39, 0.29) is 29.4 Å². The molecular weight excluding hydrogens is 474 g/mol. The average Bonchev–Trinajstić information content (AvgIpc) is 3.34. The van der Waals surface area contributed by atoms with Gasteiger partial charge in [0, 0.05) is 40.9 Å². The van der Waals surface area contributed by atoms with E-state index in [1.165, 1.54) is 6.07 Å². The molecular formula is C29H28F2N4O2. The van der Waals surface area contributed by atoms with Gasteiger partial charge in [0.05, 0.1) is 23.7 Å². The number of nitrogens with one attached hydrogen (secondary N) is 2. The summed E-state index contributed by atoms with van der Waals surface area (Å²) in [4.78, 5) is 25.4. The van der Waals surface area contributed by atoms with Crippen LogP contribution in [0.15, 0.2) is 54.7 Å². The minimum Gasteiger partial charge on any atom is -0.466 e. The van der Waals surface area contributed by atoms with Gasteiger partial charge in [0.2, 0.25) is 0 Å². The summed E-state index contributed by atoms with van der Waals surface area (Å²) in [5.74, 6) is -0.189. The number of anilines is 1. The van der Waals surface area contributed by atoms with Crippen LogP contribution in [0.2, 0.25) is 0 Å². The highest BCUT2D eigenvalue weighted by Crippen LogP contribution is 2.47. The molecule has 0 amide bonds. The molecule has 3 aliphatic rings. The first-order chi connectivity index (χ1) is 18.0. The first kappa shape index (κ1) is 23.6. The van der Waals surface area contributed by atoms with Crippen LogP contribution in [0.25, 0.3) is 33.5 Å². The maximum absolute atomic E-state index is 14.4. The van der Waals surface area contributed by atoms with Crippen molar-refractivity contribution in [2.24, 2.45) is 17.8 Å². The maximum atomic E-state index is 14.4. The summed E-state index contributed by atoms with van der Waals surface area (Å²) < 4.78 is 34.0. The summed E-state index contributed by atoms with van der Waals surface area (Å²) in [5.41, 5.74) is 2.26. The van der Waals surface area contributed by atoms with Gasteiger partial charge in [0.25, 0.3) is 0 Å². The molecule has 3 aliphatic carbocycles. The van der Waals surface area contributed by atoms with Crippen LogP contribution in [-0.2, 0) is 9.53 Å². The number of H-pyrrole nitrogens is 1. The number of halogens is 2. The minimum atomic E-state index is -0.672. The first-order valence-corrected chi connectivity index (χ1v) is 12.9. The zero-order chi connectivity index (χ0) is 25.5. The van der Waals surface area contributed by atoms with Crippen molar-refractivity contribution in [3.8, 4) is 22.6 Å². The number of nitrogens with zero attached hydrogens (tertiary/aromatic N) is 2. The highest BCUT2D eigenvalue weighted by molar-refractivity contribution is 5.94. The van der Waals surface area contributed by atoms with Gasteiger partial charge in [-0.15, -0.1) is 0 Å². The summed E-state index contributed by atoms with van der Waals surface area (Å²) in [6.07, 6.45) is 5.78. The molecule has 0 radical (unpaired) electrons. The molecule has 8 heteroatoms. The third kappa shape index (κ3) is 4.34. The molecule has 0 spiro atoms. The third-order valence-electron chi connectivity index (χ3n) is 7.84. The van der Waals surface area contributed by atoms with E-state index >= 15 is 0 Å². The lowest BCUT2D eigenvalue weighted by molar-refractivity contribution is -0.154. The van der Waals surface area contributed by atoms with Crippen molar-refractivity contribution in [3.63, 3.8) is 0 Å². The smallest absolute Gasteiger partial charge is 0.311 e. The largest absolute Gasteiger partial charge is 0.466 e. The molecule has 6 nitrogen and oxygen atoms in total. The second kappa shape index (κ2) is 9.57. The zero-order valence-electron chi connectivity index (χ0n) is 20.5. The molecule has 37 heavy (non-hydrogen) atoms. The van der Waals surface area contributed by atoms with Gasteiger partial charge in [-0.25, -0.2) is 18.7 Å². The predicted octanol–water partition coefficient (Wildman–Crippen LogP) is 6.35. The minimum absolute atomic E-state index is 0.101. The van der Waals surface area contributed by atoms with Crippen LogP contribution in [0.1, 0.15) is 32.6 Å². The summed E-state index contributed by atoms with van der Waals surface area (Å²) in [6.45, 7) is 2.18. The Morgan fingerprint density at radius 3 is 2.57 bits per heavy atom. The second-order valence-electron chi connectivity index (χ2n) is 9.96. The molecule has 2 N–H and O–H groups in total. The number of aromatic nitrogens is 3. The van der Waals surface area contributed by atoms with Gasteiger partial charge < -0.3 is 15.0 Å². The molecule has 0 saturated heterocycles. The Bertz CT molecular complexity index is 1450. The normalized spacial score (nSPS) is 22.8. The molecule has 190 valence electrons. The SMILES string of the molecule is CCOC(=O)[C@H]1C2CCC(CC2)[C@@H]1Nc1cc(-c2ccccc2)nc(-c2c[nH]c3c(F)cc(F)cc23)n1. The average molecular weight is 503 g/mol. The lowest BCUT2D eigenvalue weighted by Crippen LogP contribution is -2.52. The lowest BCUT2D eigenvalue weighted by atomic mass is 9.61. The van der Waals surface area contributed by atoms with E-state index < -0.39 is 11.6 Å². The van der Waals surface area contributed by atoms with E-state index in [1.54, 1.807) is 6.20 Å². The van der Waals surface area contributed by atoms with E-state index in [0.717, 1.165) is 37.3 Å². The molecule has 4 aromatic rings. The molecule has 0 unspecified atom stereocenters. The predicted molar refractivity (Wildman–Crippen MR) is 138 cm³/mol. The van der Waals surface area contributed by atoms with Crippen LogP contribution in [0, 0.1) is 29.4 Å². The van der Waals surface area contributed by atoms with Gasteiger partial charge in [0.15, 0.2) is 5.82 Å². The number of benzene rings is 2. The fourth-order valence-corrected chi connectivity index (χ4v) is 6.14. The number of fused-ring (bicyclic) bond motifs is 4. The number of aromatic amines is 1. The van der Waals surface area contributed by atoms with Crippen molar-refractivity contribution in [1.29, 1.82) is 0 Å². The van der Waals surface area contributed by atoms with E-state index in [0.29, 0.717) is 40.8 Å². The summed E-state index contributed by atoms with van der Waals surface area (Å²) in [5, 5.41) is 3.94. The summed E-state index contributed by atoms with van der Waals surface area (Å²) in [6, 6.07) is 13.6. The van der Waals surface area contributed by atoms with Gasteiger partial charge >= 0.3 is 5.97 Å². The molecule has 2 atom stereocenters. The van der Waals surface area contributed by atoms with E-state index in [4.69, 9.17) is 14.7 Å². The molecule has 2 aromatic carbocycles. The van der Waals surface area contributed by atoms with Crippen LogP contribution in [0.3, 0.4) is 0 Å². The molecule has 0 aliphatic heterocycles. The monoisotopic (exact) mass is 502 g/mol. The number of rotatable bonds is 6. The van der Waals surface area contributed by atoms with Gasteiger partial charge in [-0.2, -0.15) is 0 Å². The first-order valence-electron chi connectivity index (χ1n) is 12.9. The number of ether oxygens (including phenoxy) is 1. The molecule has 2 heterocycles.